The van der Waals surface area contributed by atoms with Gasteiger partial charge in [0.1, 0.15) is 5.71 Å². The Morgan fingerprint density at radius 2 is 1.67 bits per heavy atom. The highest BCUT2D eigenvalue weighted by Gasteiger charge is 2.41. The van der Waals surface area contributed by atoms with Crippen molar-refractivity contribution in [1.29, 1.82) is 0 Å². The van der Waals surface area contributed by atoms with Gasteiger partial charge in [-0.1, -0.05) is 67.9 Å². The largest absolute Gasteiger partial charge is 0.481 e. The number of nitrogens with two attached hydrogens (primary N) is 1. The van der Waals surface area contributed by atoms with E-state index in [0.717, 1.165) is 27.7 Å². The number of benzene rings is 4. The molecule has 0 unspecified atom stereocenters. The molecule has 4 aromatic rings. The minimum atomic E-state index is -3.92. The van der Waals surface area contributed by atoms with Gasteiger partial charge in [-0.15, -0.1) is 0 Å². The van der Waals surface area contributed by atoms with Crippen LogP contribution in [-0.2, 0) is 25.0 Å². The first-order chi connectivity index (χ1) is 21.4. The van der Waals surface area contributed by atoms with Crippen LogP contribution in [0.3, 0.4) is 0 Å². The van der Waals surface area contributed by atoms with E-state index in [1.807, 2.05) is 41.3 Å². The molecule has 0 radical (unpaired) electrons. The summed E-state index contributed by atoms with van der Waals surface area (Å²) < 4.78 is 23.6. The molecule has 0 aliphatic carbocycles. The molecule has 228 valence electrons. The normalized spacial score (nSPS) is 17.8. The summed E-state index contributed by atoms with van der Waals surface area (Å²) in [5.74, 6) is -1.33. The van der Waals surface area contributed by atoms with Crippen LogP contribution in [0.5, 0.6) is 0 Å². The number of amides is 1. The maximum atomic E-state index is 13.9. The van der Waals surface area contributed by atoms with Crippen molar-refractivity contribution >= 4 is 61.4 Å². The van der Waals surface area contributed by atoms with Gasteiger partial charge in [-0.25, -0.2) is 13.6 Å². The maximum Gasteiger partial charge on any atom is 0.305 e. The third kappa shape index (κ3) is 5.52. The number of carboxylic acids is 1. The molecule has 2 aliphatic heterocycles. The van der Waals surface area contributed by atoms with Crippen LogP contribution < -0.4 is 15.0 Å². The number of allylic oxidation sites excluding steroid dienone is 3. The van der Waals surface area contributed by atoms with Gasteiger partial charge in [-0.05, 0) is 71.0 Å². The molecule has 0 fully saturated rings. The molecular weight excluding hydrogens is 612 g/mol. The molecule has 11 heteroatoms. The number of halogens is 1. The van der Waals surface area contributed by atoms with E-state index in [1.54, 1.807) is 30.3 Å². The average molecular weight is 641 g/mol. The van der Waals surface area contributed by atoms with Gasteiger partial charge in [-0.2, -0.15) is 10.1 Å². The number of sulfonamides is 1. The van der Waals surface area contributed by atoms with Crippen molar-refractivity contribution in [2.24, 2.45) is 10.2 Å². The number of nitrogens with zero attached hydrogens (tertiary/aromatic N) is 3. The number of aliphatic carboxylic acids is 1. The predicted octanol–water partition coefficient (Wildman–Crippen LogP) is 5.97. The number of primary sulfonamides is 1. The zero-order valence-electron chi connectivity index (χ0n) is 24.4. The third-order valence-corrected chi connectivity index (χ3v) is 9.30. The first-order valence-electron chi connectivity index (χ1n) is 14.1. The van der Waals surface area contributed by atoms with Crippen molar-refractivity contribution in [2.75, 3.05) is 16.5 Å². The van der Waals surface area contributed by atoms with Crippen LogP contribution in [0.15, 0.2) is 118 Å². The Morgan fingerprint density at radius 3 is 2.33 bits per heavy atom. The summed E-state index contributed by atoms with van der Waals surface area (Å²) in [6.07, 6.45) is 3.51. The van der Waals surface area contributed by atoms with Crippen molar-refractivity contribution in [1.82, 2.24) is 0 Å². The second kappa shape index (κ2) is 11.3. The fourth-order valence-corrected chi connectivity index (χ4v) is 6.63. The lowest BCUT2D eigenvalue weighted by Gasteiger charge is -2.26. The quantitative estimate of drug-likeness (QED) is 0.239. The molecule has 3 N–H and O–H groups in total. The molecule has 0 aromatic heterocycles. The summed E-state index contributed by atoms with van der Waals surface area (Å²) in [5.41, 5.74) is 4.02. The number of hydrogen-bond acceptors (Lipinski definition) is 6. The summed E-state index contributed by atoms with van der Waals surface area (Å²) in [5, 5.41) is 23.3. The van der Waals surface area contributed by atoms with Crippen LogP contribution in [-0.4, -0.2) is 37.7 Å². The molecule has 0 atom stereocenters. The summed E-state index contributed by atoms with van der Waals surface area (Å²) in [6.45, 7) is 4.43. The number of carbonyl (C=O) groups excluding carboxylic acids is 1. The van der Waals surface area contributed by atoms with Crippen LogP contribution in [0.4, 0.5) is 11.4 Å². The number of fused-ring (bicyclic) bond motifs is 3. The predicted molar refractivity (Wildman–Crippen MR) is 176 cm³/mol. The number of rotatable bonds is 7. The molecule has 0 saturated carbocycles. The van der Waals surface area contributed by atoms with E-state index in [0.29, 0.717) is 27.6 Å². The fourth-order valence-electron chi connectivity index (χ4n) is 5.98. The van der Waals surface area contributed by atoms with Gasteiger partial charge >= 0.3 is 5.97 Å². The minimum Gasteiger partial charge on any atom is -0.481 e. The first-order valence-corrected chi connectivity index (χ1v) is 16.0. The molecule has 4 aromatic carbocycles. The van der Waals surface area contributed by atoms with Crippen LogP contribution in [0, 0.1) is 0 Å². The summed E-state index contributed by atoms with van der Waals surface area (Å²) in [6, 6.07) is 24.7. The number of carbonyl (C=O) groups is 2. The van der Waals surface area contributed by atoms with Crippen molar-refractivity contribution < 1.29 is 23.1 Å². The van der Waals surface area contributed by atoms with Gasteiger partial charge in [-0.3, -0.25) is 9.59 Å². The summed E-state index contributed by atoms with van der Waals surface area (Å²) >= 11 is 6.14. The topological polar surface area (TPSA) is 133 Å². The summed E-state index contributed by atoms with van der Waals surface area (Å²) in [4.78, 5) is 27.5. The van der Waals surface area contributed by atoms with Gasteiger partial charge in [0, 0.05) is 33.9 Å². The lowest BCUT2D eigenvalue weighted by molar-refractivity contribution is -0.136. The first kappa shape index (κ1) is 30.3. The van der Waals surface area contributed by atoms with Gasteiger partial charge in [0.15, 0.2) is 0 Å². The number of anilines is 2. The number of hydrazone groups is 1. The highest BCUT2D eigenvalue weighted by molar-refractivity contribution is 7.89. The fraction of sp³-hybridized carbons (Fsp3) is 0.147. The lowest BCUT2D eigenvalue weighted by atomic mass is 9.81. The third-order valence-electron chi connectivity index (χ3n) is 8.12. The van der Waals surface area contributed by atoms with E-state index >= 15 is 0 Å². The Kier molecular flexibility index (Phi) is 7.60. The van der Waals surface area contributed by atoms with Gasteiger partial charge < -0.3 is 10.0 Å². The minimum absolute atomic E-state index is 0.0744. The number of hydrogen-bond donors (Lipinski definition) is 2. The molecular formula is C34H29ClN4O5S. The van der Waals surface area contributed by atoms with E-state index < -0.39 is 27.3 Å². The molecule has 45 heavy (non-hydrogen) atoms. The summed E-state index contributed by atoms with van der Waals surface area (Å²) in [7, 11) is -3.92. The van der Waals surface area contributed by atoms with Crippen molar-refractivity contribution in [3.05, 3.63) is 125 Å². The van der Waals surface area contributed by atoms with Crippen molar-refractivity contribution in [3.8, 4) is 0 Å². The van der Waals surface area contributed by atoms with Crippen LogP contribution in [0.25, 0.3) is 10.8 Å². The van der Waals surface area contributed by atoms with Crippen LogP contribution in [0.1, 0.15) is 31.4 Å². The standard InChI is InChI=1S/C34H29ClN4O5S/c1-34(2)29(38(20-19-30(40)41)28-17-9-21-5-3-4-6-26(21)31(28)34)18-16-27-32(22-7-10-23(35)11-8-22)37-39(33(27)42)24-12-14-25(15-13-24)45(36,43)44/h3-18H,19-20H2,1-2H3,(H,40,41)(H2,36,43,44)/b27-16-,29-18+. The average Bonchev–Trinajstić information content (AvgIpc) is 3.44. The smallest absolute Gasteiger partial charge is 0.305 e. The molecule has 1 amide bonds. The molecule has 0 saturated heterocycles. The van der Waals surface area contributed by atoms with Crippen LogP contribution >= 0.6 is 11.6 Å². The van der Waals surface area contributed by atoms with E-state index in [1.165, 1.54) is 29.3 Å². The molecule has 0 bridgehead atoms. The molecule has 6 rings (SSSR count). The van der Waals surface area contributed by atoms with Crippen LogP contribution in [0.2, 0.25) is 5.02 Å². The molecule has 9 nitrogen and oxygen atoms in total. The Balaban J connectivity index is 1.48. The maximum absolute atomic E-state index is 13.9. The molecule has 2 aliphatic rings. The zero-order chi connectivity index (χ0) is 32.1. The Hall–Kier alpha value is -4.77. The van der Waals surface area contributed by atoms with Crippen molar-refractivity contribution in [2.45, 2.75) is 30.6 Å². The van der Waals surface area contributed by atoms with Gasteiger partial charge in [0.25, 0.3) is 5.91 Å². The van der Waals surface area contributed by atoms with E-state index in [-0.39, 0.29) is 17.9 Å². The lowest BCUT2D eigenvalue weighted by Crippen LogP contribution is -2.28. The highest BCUT2D eigenvalue weighted by Crippen LogP contribution is 2.50. The highest BCUT2D eigenvalue weighted by atomic mass is 35.5. The Morgan fingerprint density at radius 1 is 0.978 bits per heavy atom. The molecule has 0 spiro atoms. The Labute approximate surface area is 265 Å². The van der Waals surface area contributed by atoms with Gasteiger partial charge in [0.05, 0.1) is 22.6 Å². The number of carboxylic acid groups (broad SMARTS) is 1. The SMILES string of the molecule is CC1(C)/C(=C\C=C2/C(=O)N(c3ccc(S(N)(=O)=O)cc3)N=C2c2ccc(Cl)cc2)N(CCC(=O)O)c2ccc3ccccc3c21. The molecule has 2 heterocycles. The van der Waals surface area contributed by atoms with Gasteiger partial charge in [0.2, 0.25) is 10.0 Å². The Bertz CT molecular complexity index is 2070. The second-order valence-electron chi connectivity index (χ2n) is 11.3. The monoisotopic (exact) mass is 640 g/mol. The van der Waals surface area contributed by atoms with E-state index in [9.17, 15) is 23.1 Å². The second-order valence-corrected chi connectivity index (χ2v) is 13.3. The zero-order valence-corrected chi connectivity index (χ0v) is 26.0. The van der Waals surface area contributed by atoms with E-state index in [4.69, 9.17) is 16.7 Å². The van der Waals surface area contributed by atoms with E-state index in [2.05, 4.69) is 25.0 Å². The van der Waals surface area contributed by atoms with Crippen molar-refractivity contribution in [3.63, 3.8) is 0 Å².